The van der Waals surface area contributed by atoms with Crippen LogP contribution in [0.2, 0.25) is 0 Å². The molecule has 0 aliphatic carbocycles. The molecule has 1 amide bonds. The van der Waals surface area contributed by atoms with Crippen molar-refractivity contribution in [2.24, 2.45) is 12.0 Å². The van der Waals surface area contributed by atoms with Crippen molar-refractivity contribution >= 4 is 27.1 Å². The molecule has 0 spiro atoms. The molecule has 2 aromatic heterocycles. The number of rotatable bonds is 4. The van der Waals surface area contributed by atoms with Gasteiger partial charge in [0.1, 0.15) is 5.69 Å². The second-order valence-electron chi connectivity index (χ2n) is 6.75. The first-order chi connectivity index (χ1) is 15.6. The Labute approximate surface area is 192 Å². The van der Waals surface area contributed by atoms with Crippen molar-refractivity contribution in [3.63, 3.8) is 0 Å². The molecule has 182 valence electrons. The van der Waals surface area contributed by atoms with Gasteiger partial charge in [0.25, 0.3) is 5.91 Å². The van der Waals surface area contributed by atoms with Gasteiger partial charge in [0.2, 0.25) is 9.81 Å². The molecule has 0 atom stereocenters. The predicted molar refractivity (Wildman–Crippen MR) is 108 cm³/mol. The first kappa shape index (κ1) is 25.6. The molecule has 0 bridgehead atoms. The summed E-state index contributed by atoms with van der Waals surface area (Å²) in [6, 6.07) is 6.00. The largest absolute Gasteiger partial charge is 0.445 e. The topological polar surface area (TPSA) is 94.3 Å². The molecule has 0 saturated carbocycles. The lowest BCUT2D eigenvalue weighted by atomic mass is 10.1. The van der Waals surface area contributed by atoms with Gasteiger partial charge in [0.15, 0.2) is 9.84 Å². The van der Waals surface area contributed by atoms with Gasteiger partial charge in [0.05, 0.1) is 21.9 Å². The summed E-state index contributed by atoms with van der Waals surface area (Å²) in [4.78, 5) is 19.4. The SMILES string of the molecule is CCS(=O)(=O)c1ccc(-c2ccc(C(F)(F)F)cc2)nc1C(=O)/N=c1\sc(C(F)(F)F)nn1C. The van der Waals surface area contributed by atoms with Crippen LogP contribution < -0.4 is 4.80 Å². The molecule has 0 saturated heterocycles. The van der Waals surface area contributed by atoms with Gasteiger partial charge in [-0.1, -0.05) is 30.4 Å². The maximum absolute atomic E-state index is 12.9. The molecule has 0 aliphatic rings. The summed E-state index contributed by atoms with van der Waals surface area (Å²) in [5, 5.41) is 1.97. The third-order valence-electron chi connectivity index (χ3n) is 4.43. The van der Waals surface area contributed by atoms with Crippen LogP contribution in [0.3, 0.4) is 0 Å². The predicted octanol–water partition coefficient (Wildman–Crippen LogP) is 4.12. The van der Waals surface area contributed by atoms with E-state index < -0.39 is 59.8 Å². The number of hydrogen-bond acceptors (Lipinski definition) is 6. The van der Waals surface area contributed by atoms with Crippen molar-refractivity contribution in [2.45, 2.75) is 24.2 Å². The average Bonchev–Trinajstić information content (AvgIpc) is 3.13. The lowest BCUT2D eigenvalue weighted by molar-refractivity contribution is -0.138. The molecule has 0 fully saturated rings. The van der Waals surface area contributed by atoms with Crippen molar-refractivity contribution in [3.05, 3.63) is 57.5 Å². The van der Waals surface area contributed by atoms with Gasteiger partial charge in [-0.2, -0.15) is 36.4 Å². The quantitative estimate of drug-likeness (QED) is 0.479. The van der Waals surface area contributed by atoms with Crippen LogP contribution in [0, 0.1) is 0 Å². The fraction of sp³-hybridized carbons (Fsp3) is 0.263. The summed E-state index contributed by atoms with van der Waals surface area (Å²) in [6.45, 7) is 1.31. The summed E-state index contributed by atoms with van der Waals surface area (Å²) in [7, 11) is -2.89. The van der Waals surface area contributed by atoms with Gasteiger partial charge >= 0.3 is 12.4 Å². The van der Waals surface area contributed by atoms with E-state index in [9.17, 15) is 39.6 Å². The Kier molecular flexibility index (Phi) is 6.72. The first-order valence-electron chi connectivity index (χ1n) is 9.25. The fourth-order valence-corrected chi connectivity index (χ4v) is 4.47. The van der Waals surface area contributed by atoms with E-state index in [1.165, 1.54) is 13.0 Å². The Morgan fingerprint density at radius 2 is 1.65 bits per heavy atom. The number of alkyl halides is 6. The Bertz CT molecular complexity index is 1410. The van der Waals surface area contributed by atoms with Gasteiger partial charge in [-0.3, -0.25) is 4.79 Å². The molecule has 3 rings (SSSR count). The van der Waals surface area contributed by atoms with Gasteiger partial charge in [-0.05, 0) is 24.3 Å². The molecule has 3 aromatic rings. The van der Waals surface area contributed by atoms with Crippen LogP contribution in [-0.4, -0.2) is 34.8 Å². The van der Waals surface area contributed by atoms with E-state index in [0.717, 1.165) is 37.4 Å². The number of sulfone groups is 1. The zero-order valence-corrected chi connectivity index (χ0v) is 18.9. The molecule has 1 aromatic carbocycles. The highest BCUT2D eigenvalue weighted by Crippen LogP contribution is 2.31. The molecule has 34 heavy (non-hydrogen) atoms. The second kappa shape index (κ2) is 8.94. The van der Waals surface area contributed by atoms with Crippen molar-refractivity contribution in [2.75, 3.05) is 5.75 Å². The van der Waals surface area contributed by atoms with Gasteiger partial charge in [-0.25, -0.2) is 18.1 Å². The molecule has 0 aliphatic heterocycles. The molecular formula is C19H14F6N4O3S2. The van der Waals surface area contributed by atoms with E-state index in [0.29, 0.717) is 4.68 Å². The number of pyridine rings is 1. The molecule has 0 radical (unpaired) electrons. The van der Waals surface area contributed by atoms with Crippen LogP contribution in [0.1, 0.15) is 28.0 Å². The minimum Gasteiger partial charge on any atom is -0.265 e. The highest BCUT2D eigenvalue weighted by atomic mass is 32.2. The Hall–Kier alpha value is -3.07. The number of amides is 1. The van der Waals surface area contributed by atoms with E-state index in [2.05, 4.69) is 15.1 Å². The highest BCUT2D eigenvalue weighted by molar-refractivity contribution is 7.91. The van der Waals surface area contributed by atoms with Crippen LogP contribution in [-0.2, 0) is 29.2 Å². The maximum Gasteiger partial charge on any atom is 0.445 e. The van der Waals surface area contributed by atoms with E-state index in [4.69, 9.17) is 0 Å². The second-order valence-corrected chi connectivity index (χ2v) is 9.95. The number of benzene rings is 1. The van der Waals surface area contributed by atoms with Crippen LogP contribution in [0.15, 0.2) is 46.3 Å². The zero-order chi connectivity index (χ0) is 25.5. The normalized spacial score (nSPS) is 13.4. The monoisotopic (exact) mass is 524 g/mol. The third kappa shape index (κ3) is 5.35. The smallest absolute Gasteiger partial charge is 0.265 e. The van der Waals surface area contributed by atoms with E-state index in [1.807, 2.05) is 0 Å². The summed E-state index contributed by atoms with van der Waals surface area (Å²) in [6.07, 6.45) is -9.36. The van der Waals surface area contributed by atoms with E-state index >= 15 is 0 Å². The number of aromatic nitrogens is 3. The fourth-order valence-electron chi connectivity index (χ4n) is 2.70. The Morgan fingerprint density at radius 1 is 1.03 bits per heavy atom. The summed E-state index contributed by atoms with van der Waals surface area (Å²) < 4.78 is 103. The van der Waals surface area contributed by atoms with Crippen molar-refractivity contribution in [1.29, 1.82) is 0 Å². The van der Waals surface area contributed by atoms with E-state index in [-0.39, 0.29) is 22.6 Å². The lowest BCUT2D eigenvalue weighted by Gasteiger charge is -2.10. The first-order valence-corrected chi connectivity index (χ1v) is 11.7. The van der Waals surface area contributed by atoms with Crippen LogP contribution in [0.5, 0.6) is 0 Å². The summed E-state index contributed by atoms with van der Waals surface area (Å²) in [5.74, 6) is -1.67. The molecule has 7 nitrogen and oxygen atoms in total. The van der Waals surface area contributed by atoms with Crippen molar-refractivity contribution in [3.8, 4) is 11.3 Å². The van der Waals surface area contributed by atoms with Crippen LogP contribution >= 0.6 is 11.3 Å². The number of carbonyl (C=O) groups is 1. The van der Waals surface area contributed by atoms with Gasteiger partial charge in [0, 0.05) is 12.6 Å². The Morgan fingerprint density at radius 3 is 2.15 bits per heavy atom. The van der Waals surface area contributed by atoms with Crippen LogP contribution in [0.25, 0.3) is 11.3 Å². The Balaban J connectivity index is 2.15. The number of nitrogens with zero attached hydrogens (tertiary/aromatic N) is 4. The summed E-state index contributed by atoms with van der Waals surface area (Å²) >= 11 is 0.0686. The molecule has 0 N–H and O–H groups in total. The minimum atomic E-state index is -4.78. The zero-order valence-electron chi connectivity index (χ0n) is 17.3. The molecule has 2 heterocycles. The van der Waals surface area contributed by atoms with Gasteiger partial charge < -0.3 is 0 Å². The number of aryl methyl sites for hydroxylation is 1. The average molecular weight is 524 g/mol. The van der Waals surface area contributed by atoms with Crippen molar-refractivity contribution in [1.82, 2.24) is 14.8 Å². The third-order valence-corrected chi connectivity index (χ3v) is 7.23. The maximum atomic E-state index is 12.9. The molecule has 0 unspecified atom stereocenters. The number of halogens is 6. The standard InChI is InChI=1S/C19H14F6N4O3S2/c1-3-34(31,32)13-9-8-12(10-4-6-11(7-5-10)18(20,21)22)26-14(13)15(30)27-17-29(2)28-16(33-17)19(23,24)25/h4-9H,3H2,1-2H3/b27-17-. The van der Waals surface area contributed by atoms with E-state index in [1.54, 1.807) is 0 Å². The number of carbonyl (C=O) groups excluding carboxylic acids is 1. The van der Waals surface area contributed by atoms with Crippen molar-refractivity contribution < 1.29 is 39.6 Å². The highest BCUT2D eigenvalue weighted by Gasteiger charge is 2.35. The molecular weight excluding hydrogens is 510 g/mol. The molecule has 15 heteroatoms. The van der Waals surface area contributed by atoms with Gasteiger partial charge in [-0.15, -0.1) is 0 Å². The lowest BCUT2D eigenvalue weighted by Crippen LogP contribution is -2.18. The van der Waals surface area contributed by atoms with Crippen LogP contribution in [0.4, 0.5) is 26.3 Å². The summed E-state index contributed by atoms with van der Waals surface area (Å²) in [5.41, 5.74) is -1.50. The number of hydrogen-bond donors (Lipinski definition) is 0. The minimum absolute atomic E-state index is 0.0352.